The second-order valence-corrected chi connectivity index (χ2v) is 6.18. The van der Waals surface area contributed by atoms with Gasteiger partial charge >= 0.3 is 5.97 Å². The summed E-state index contributed by atoms with van der Waals surface area (Å²) < 4.78 is 39.6. The Morgan fingerprint density at radius 1 is 1.10 bits per heavy atom. The van der Waals surface area contributed by atoms with Gasteiger partial charge in [0.05, 0.1) is 18.1 Å². The van der Waals surface area contributed by atoms with E-state index < -0.39 is 41.3 Å². The minimum atomic E-state index is -1.14. The molecule has 0 saturated heterocycles. The van der Waals surface area contributed by atoms with Gasteiger partial charge < -0.3 is 19.7 Å². The van der Waals surface area contributed by atoms with Gasteiger partial charge in [0.15, 0.2) is 11.6 Å². The number of aromatic nitrogens is 1. The standard InChI is InChI=1S/C21H14F2N2O5/c1-11-18(22)20(29-14-4-2-3-12(7-14)10-24)25-21(19(11)23)30-15-6-5-13(8-17(27)28)16(26)9-15/h2-7,9,26H,8H2,1H3,(H,27,28). The SMILES string of the molecule is Cc1c(F)c(Oc2cccc(C#N)c2)nc(Oc2ccc(CC(=O)O)c(O)c2)c1F. The number of nitrogens with zero attached hydrogens (tertiary/aromatic N) is 2. The molecule has 0 bridgehead atoms. The third-order valence-corrected chi connectivity index (χ3v) is 4.03. The van der Waals surface area contributed by atoms with E-state index in [1.54, 1.807) is 0 Å². The zero-order valence-electron chi connectivity index (χ0n) is 15.5. The zero-order valence-corrected chi connectivity index (χ0v) is 15.5. The summed E-state index contributed by atoms with van der Waals surface area (Å²) in [6.45, 7) is 1.17. The maximum absolute atomic E-state index is 14.5. The van der Waals surface area contributed by atoms with Crippen LogP contribution in [0.5, 0.6) is 29.0 Å². The van der Waals surface area contributed by atoms with Gasteiger partial charge in [0.1, 0.15) is 17.2 Å². The summed E-state index contributed by atoms with van der Waals surface area (Å²) >= 11 is 0. The van der Waals surface area contributed by atoms with Crippen LogP contribution in [0.4, 0.5) is 8.78 Å². The van der Waals surface area contributed by atoms with Gasteiger partial charge in [0, 0.05) is 17.2 Å². The first-order valence-electron chi connectivity index (χ1n) is 8.53. The number of carboxylic acids is 1. The summed E-state index contributed by atoms with van der Waals surface area (Å²) in [4.78, 5) is 14.5. The number of aromatic hydroxyl groups is 1. The molecule has 1 aromatic heterocycles. The average molecular weight is 412 g/mol. The maximum Gasteiger partial charge on any atom is 0.307 e. The molecule has 0 saturated carbocycles. The molecule has 9 heteroatoms. The highest BCUT2D eigenvalue weighted by molar-refractivity contribution is 5.71. The fourth-order valence-electron chi connectivity index (χ4n) is 2.51. The van der Waals surface area contributed by atoms with Gasteiger partial charge in [-0.05, 0) is 31.2 Å². The van der Waals surface area contributed by atoms with Crippen molar-refractivity contribution in [3.63, 3.8) is 0 Å². The van der Waals surface area contributed by atoms with Gasteiger partial charge in [-0.1, -0.05) is 12.1 Å². The summed E-state index contributed by atoms with van der Waals surface area (Å²) in [7, 11) is 0. The lowest BCUT2D eigenvalue weighted by Gasteiger charge is -2.13. The molecule has 30 heavy (non-hydrogen) atoms. The first-order valence-corrected chi connectivity index (χ1v) is 8.53. The average Bonchev–Trinajstić information content (AvgIpc) is 2.72. The van der Waals surface area contributed by atoms with Gasteiger partial charge in [-0.25, -0.2) is 8.78 Å². The molecule has 0 aliphatic carbocycles. The van der Waals surface area contributed by atoms with Crippen molar-refractivity contribution < 1.29 is 33.3 Å². The molecule has 2 aromatic carbocycles. The molecule has 0 aliphatic heterocycles. The van der Waals surface area contributed by atoms with Crippen molar-refractivity contribution in [2.45, 2.75) is 13.3 Å². The number of ether oxygens (including phenoxy) is 2. The van der Waals surface area contributed by atoms with E-state index in [0.29, 0.717) is 0 Å². The molecule has 0 fully saturated rings. The Labute approximate surface area is 169 Å². The largest absolute Gasteiger partial charge is 0.508 e. The number of carbonyl (C=O) groups is 1. The van der Waals surface area contributed by atoms with E-state index in [4.69, 9.17) is 19.8 Å². The van der Waals surface area contributed by atoms with Crippen LogP contribution in [0.2, 0.25) is 0 Å². The fraction of sp³-hybridized carbons (Fsp3) is 0.0952. The number of benzene rings is 2. The minimum Gasteiger partial charge on any atom is -0.508 e. The first kappa shape index (κ1) is 20.5. The Kier molecular flexibility index (Phi) is 5.78. The van der Waals surface area contributed by atoms with Crippen LogP contribution in [-0.2, 0) is 11.2 Å². The number of carboxylic acid groups (broad SMARTS) is 1. The van der Waals surface area contributed by atoms with Crippen molar-refractivity contribution >= 4 is 5.97 Å². The van der Waals surface area contributed by atoms with E-state index >= 15 is 0 Å². The zero-order chi connectivity index (χ0) is 21.8. The summed E-state index contributed by atoms with van der Waals surface area (Å²) in [5.41, 5.74) is 0.0123. The van der Waals surface area contributed by atoms with Crippen LogP contribution in [0.1, 0.15) is 16.7 Å². The summed E-state index contributed by atoms with van der Waals surface area (Å²) in [6, 6.07) is 11.5. The van der Waals surface area contributed by atoms with Crippen LogP contribution in [0.3, 0.4) is 0 Å². The van der Waals surface area contributed by atoms with Crippen molar-refractivity contribution in [2.24, 2.45) is 0 Å². The lowest BCUT2D eigenvalue weighted by atomic mass is 10.1. The molecule has 2 N–H and O–H groups in total. The molecular weight excluding hydrogens is 398 g/mol. The van der Waals surface area contributed by atoms with Gasteiger partial charge in [-0.2, -0.15) is 10.2 Å². The quantitative estimate of drug-likeness (QED) is 0.615. The second-order valence-electron chi connectivity index (χ2n) is 6.18. The number of hydrogen-bond donors (Lipinski definition) is 2. The topological polar surface area (TPSA) is 113 Å². The lowest BCUT2D eigenvalue weighted by molar-refractivity contribution is -0.136. The highest BCUT2D eigenvalue weighted by Gasteiger charge is 2.21. The molecule has 1 heterocycles. The van der Waals surface area contributed by atoms with E-state index in [-0.39, 0.29) is 28.4 Å². The monoisotopic (exact) mass is 412 g/mol. The molecule has 152 valence electrons. The maximum atomic E-state index is 14.5. The van der Waals surface area contributed by atoms with Gasteiger partial charge in [-0.3, -0.25) is 4.79 Å². The number of hydrogen-bond acceptors (Lipinski definition) is 6. The first-order chi connectivity index (χ1) is 14.3. The highest BCUT2D eigenvalue weighted by Crippen LogP contribution is 2.34. The summed E-state index contributed by atoms with van der Waals surface area (Å²) in [5.74, 6) is -4.70. The highest BCUT2D eigenvalue weighted by atomic mass is 19.1. The van der Waals surface area contributed by atoms with E-state index in [2.05, 4.69) is 4.98 Å². The number of pyridine rings is 1. The van der Waals surface area contributed by atoms with Crippen LogP contribution in [0.25, 0.3) is 0 Å². The normalized spacial score (nSPS) is 10.3. The Morgan fingerprint density at radius 3 is 2.30 bits per heavy atom. The van der Waals surface area contributed by atoms with Crippen molar-refractivity contribution in [2.75, 3.05) is 0 Å². The predicted octanol–water partition coefficient (Wildman–Crippen LogP) is 4.46. The smallest absolute Gasteiger partial charge is 0.307 e. The van der Waals surface area contributed by atoms with Gasteiger partial charge in [-0.15, -0.1) is 0 Å². The Hall–Kier alpha value is -4.19. The summed E-state index contributed by atoms with van der Waals surface area (Å²) in [5, 5.41) is 27.7. The van der Waals surface area contributed by atoms with E-state index in [0.717, 1.165) is 6.07 Å². The second kappa shape index (κ2) is 8.45. The van der Waals surface area contributed by atoms with E-state index in [9.17, 15) is 18.7 Å². The number of phenolic OH excluding ortho intramolecular Hbond substituents is 1. The van der Waals surface area contributed by atoms with Crippen molar-refractivity contribution in [3.05, 3.63) is 70.8 Å². The molecule has 7 nitrogen and oxygen atoms in total. The lowest BCUT2D eigenvalue weighted by Crippen LogP contribution is -2.03. The number of phenols is 1. The van der Waals surface area contributed by atoms with E-state index in [1.807, 2.05) is 6.07 Å². The molecular formula is C21H14F2N2O5. The molecule has 0 aliphatic rings. The minimum absolute atomic E-state index is 0.0449. The summed E-state index contributed by atoms with van der Waals surface area (Å²) in [6.07, 6.45) is -0.409. The molecule has 0 amide bonds. The van der Waals surface area contributed by atoms with Crippen LogP contribution in [0.15, 0.2) is 42.5 Å². The number of aliphatic carboxylic acids is 1. The Morgan fingerprint density at radius 2 is 1.73 bits per heavy atom. The van der Waals surface area contributed by atoms with Crippen LogP contribution >= 0.6 is 0 Å². The third-order valence-electron chi connectivity index (χ3n) is 4.03. The molecule has 3 aromatic rings. The van der Waals surface area contributed by atoms with Crippen LogP contribution < -0.4 is 9.47 Å². The molecule has 0 unspecified atom stereocenters. The fourth-order valence-corrected chi connectivity index (χ4v) is 2.51. The number of nitriles is 1. The Bertz CT molecular complexity index is 1170. The molecule has 0 atom stereocenters. The van der Waals surface area contributed by atoms with Gasteiger partial charge in [0.2, 0.25) is 0 Å². The van der Waals surface area contributed by atoms with Crippen molar-refractivity contribution in [1.29, 1.82) is 5.26 Å². The van der Waals surface area contributed by atoms with Gasteiger partial charge in [0.25, 0.3) is 11.8 Å². The predicted molar refractivity (Wildman–Crippen MR) is 99.6 cm³/mol. The molecule has 0 spiro atoms. The van der Waals surface area contributed by atoms with Crippen molar-refractivity contribution in [1.82, 2.24) is 4.98 Å². The third kappa shape index (κ3) is 4.44. The van der Waals surface area contributed by atoms with Crippen LogP contribution in [-0.4, -0.2) is 21.2 Å². The van der Waals surface area contributed by atoms with Crippen LogP contribution in [0, 0.1) is 29.9 Å². The molecule has 3 rings (SSSR count). The molecule has 0 radical (unpaired) electrons. The number of rotatable bonds is 6. The van der Waals surface area contributed by atoms with E-state index in [1.165, 1.54) is 43.3 Å². The van der Waals surface area contributed by atoms with Crippen molar-refractivity contribution in [3.8, 4) is 35.1 Å². The Balaban J connectivity index is 1.93. The number of halogens is 2.